The van der Waals surface area contributed by atoms with Crippen LogP contribution in [0.2, 0.25) is 0 Å². The van der Waals surface area contributed by atoms with Crippen molar-refractivity contribution in [1.29, 1.82) is 0 Å². The summed E-state index contributed by atoms with van der Waals surface area (Å²) >= 11 is 0. The number of alkyl halides is 3. The van der Waals surface area contributed by atoms with E-state index in [1.165, 1.54) is 0 Å². The fourth-order valence-corrected chi connectivity index (χ4v) is 1.58. The van der Waals surface area contributed by atoms with Gasteiger partial charge in [0.1, 0.15) is 6.42 Å². The van der Waals surface area contributed by atoms with Gasteiger partial charge in [-0.2, -0.15) is 13.2 Å². The fraction of sp³-hybridized carbons (Fsp3) is 0.417. The van der Waals surface area contributed by atoms with Crippen molar-refractivity contribution in [2.75, 3.05) is 6.54 Å². The Kier molecular flexibility index (Phi) is 4.34. The molecule has 18 heavy (non-hydrogen) atoms. The van der Waals surface area contributed by atoms with E-state index in [4.69, 9.17) is 5.73 Å². The van der Waals surface area contributed by atoms with E-state index in [1.54, 1.807) is 37.3 Å². The maximum absolute atomic E-state index is 12.1. The first-order valence-corrected chi connectivity index (χ1v) is 5.40. The lowest BCUT2D eigenvalue weighted by Crippen LogP contribution is -2.49. The second-order valence-corrected chi connectivity index (χ2v) is 4.24. The molecule has 6 heteroatoms. The monoisotopic (exact) mass is 260 g/mol. The van der Waals surface area contributed by atoms with Gasteiger partial charge >= 0.3 is 6.18 Å². The molecule has 0 radical (unpaired) electrons. The van der Waals surface area contributed by atoms with Crippen LogP contribution in [0.15, 0.2) is 30.3 Å². The van der Waals surface area contributed by atoms with Crippen molar-refractivity contribution in [2.24, 2.45) is 5.73 Å². The third-order valence-corrected chi connectivity index (χ3v) is 2.60. The van der Waals surface area contributed by atoms with Gasteiger partial charge in [-0.1, -0.05) is 30.3 Å². The van der Waals surface area contributed by atoms with Crippen molar-refractivity contribution in [2.45, 2.75) is 25.1 Å². The third-order valence-electron chi connectivity index (χ3n) is 2.60. The first kappa shape index (κ1) is 14.5. The van der Waals surface area contributed by atoms with E-state index in [-0.39, 0.29) is 6.54 Å². The van der Waals surface area contributed by atoms with Crippen LogP contribution in [-0.2, 0) is 10.3 Å². The zero-order valence-electron chi connectivity index (χ0n) is 9.92. The van der Waals surface area contributed by atoms with Crippen LogP contribution >= 0.6 is 0 Å². The van der Waals surface area contributed by atoms with E-state index in [9.17, 15) is 18.0 Å². The predicted octanol–water partition coefficient (Wildman–Crippen LogP) is 1.93. The number of hydrogen-bond donors (Lipinski definition) is 2. The SMILES string of the molecule is CC(CN)(NC(=O)CC(F)(F)F)c1ccccc1. The van der Waals surface area contributed by atoms with Gasteiger partial charge in [0.05, 0.1) is 5.54 Å². The van der Waals surface area contributed by atoms with E-state index in [2.05, 4.69) is 5.32 Å². The Morgan fingerprint density at radius 2 is 1.83 bits per heavy atom. The summed E-state index contributed by atoms with van der Waals surface area (Å²) in [6.07, 6.45) is -6.02. The molecular weight excluding hydrogens is 245 g/mol. The highest BCUT2D eigenvalue weighted by molar-refractivity contribution is 5.77. The van der Waals surface area contributed by atoms with Crippen molar-refractivity contribution < 1.29 is 18.0 Å². The molecule has 100 valence electrons. The summed E-state index contributed by atoms with van der Waals surface area (Å²) in [5.41, 5.74) is 5.23. The molecule has 0 aliphatic rings. The first-order chi connectivity index (χ1) is 8.27. The minimum Gasteiger partial charge on any atom is -0.345 e. The number of nitrogens with two attached hydrogens (primary N) is 1. The van der Waals surface area contributed by atoms with Crippen LogP contribution < -0.4 is 11.1 Å². The molecule has 1 aromatic rings. The van der Waals surface area contributed by atoms with Gasteiger partial charge in [-0.15, -0.1) is 0 Å². The summed E-state index contributed by atoms with van der Waals surface area (Å²) in [5, 5.41) is 2.33. The van der Waals surface area contributed by atoms with E-state index >= 15 is 0 Å². The zero-order valence-corrected chi connectivity index (χ0v) is 9.92. The molecule has 1 unspecified atom stereocenters. The second-order valence-electron chi connectivity index (χ2n) is 4.24. The number of carbonyl (C=O) groups excluding carboxylic acids is 1. The van der Waals surface area contributed by atoms with Gasteiger partial charge < -0.3 is 11.1 Å². The molecule has 0 saturated heterocycles. The molecule has 0 fully saturated rings. The van der Waals surface area contributed by atoms with Crippen LogP contribution in [0.3, 0.4) is 0 Å². The standard InChI is InChI=1S/C12H15F3N2O/c1-11(8-16,9-5-3-2-4-6-9)17-10(18)7-12(13,14)15/h2-6H,7-8,16H2,1H3,(H,17,18). The predicted molar refractivity (Wildman–Crippen MR) is 61.7 cm³/mol. The van der Waals surface area contributed by atoms with Gasteiger partial charge in [0.25, 0.3) is 0 Å². The molecule has 0 aliphatic carbocycles. The van der Waals surface area contributed by atoms with Crippen LogP contribution in [0.5, 0.6) is 0 Å². The Hall–Kier alpha value is -1.56. The summed E-state index contributed by atoms with van der Waals surface area (Å²) in [6, 6.07) is 8.66. The Morgan fingerprint density at radius 1 is 1.28 bits per heavy atom. The fourth-order valence-electron chi connectivity index (χ4n) is 1.58. The van der Waals surface area contributed by atoms with Crippen molar-refractivity contribution in [3.05, 3.63) is 35.9 Å². The molecule has 1 amide bonds. The van der Waals surface area contributed by atoms with Gasteiger partial charge in [0.2, 0.25) is 5.91 Å². The van der Waals surface area contributed by atoms with E-state index in [1.807, 2.05) is 0 Å². The van der Waals surface area contributed by atoms with E-state index in [0.717, 1.165) is 0 Å². The van der Waals surface area contributed by atoms with Crippen LogP contribution in [0.4, 0.5) is 13.2 Å². The summed E-state index contributed by atoms with van der Waals surface area (Å²) in [5.74, 6) is -1.08. The van der Waals surface area contributed by atoms with Crippen molar-refractivity contribution in [3.63, 3.8) is 0 Å². The van der Waals surface area contributed by atoms with Crippen LogP contribution in [0.1, 0.15) is 18.9 Å². The Balaban J connectivity index is 2.81. The lowest BCUT2D eigenvalue weighted by molar-refractivity contribution is -0.155. The number of hydrogen-bond acceptors (Lipinski definition) is 2. The molecule has 1 aromatic carbocycles. The number of halogens is 3. The molecule has 1 atom stereocenters. The molecule has 3 N–H and O–H groups in total. The largest absolute Gasteiger partial charge is 0.397 e. The molecular formula is C12H15F3N2O. The Morgan fingerprint density at radius 3 is 2.28 bits per heavy atom. The maximum Gasteiger partial charge on any atom is 0.397 e. The molecule has 1 rings (SSSR count). The first-order valence-electron chi connectivity index (χ1n) is 5.40. The third kappa shape index (κ3) is 4.03. The Labute approximate surface area is 103 Å². The molecule has 0 aromatic heterocycles. The maximum atomic E-state index is 12.1. The van der Waals surface area contributed by atoms with Gasteiger partial charge in [0, 0.05) is 6.54 Å². The number of amides is 1. The molecule has 3 nitrogen and oxygen atoms in total. The zero-order chi connectivity index (χ0) is 13.8. The molecule has 0 heterocycles. The molecule has 0 bridgehead atoms. The van der Waals surface area contributed by atoms with Crippen molar-refractivity contribution in [1.82, 2.24) is 5.32 Å². The van der Waals surface area contributed by atoms with Gasteiger partial charge in [-0.05, 0) is 12.5 Å². The quantitative estimate of drug-likeness (QED) is 0.869. The summed E-state index contributed by atoms with van der Waals surface area (Å²) in [7, 11) is 0. The van der Waals surface area contributed by atoms with Crippen LogP contribution in [0, 0.1) is 0 Å². The highest BCUT2D eigenvalue weighted by Gasteiger charge is 2.34. The average Bonchev–Trinajstić information content (AvgIpc) is 2.27. The normalized spacial score (nSPS) is 14.9. The van der Waals surface area contributed by atoms with Crippen molar-refractivity contribution in [3.8, 4) is 0 Å². The minimum absolute atomic E-state index is 0.0145. The highest BCUT2D eigenvalue weighted by Crippen LogP contribution is 2.23. The lowest BCUT2D eigenvalue weighted by atomic mass is 9.92. The number of carbonyl (C=O) groups is 1. The number of benzene rings is 1. The Bertz CT molecular complexity index is 406. The molecule has 0 spiro atoms. The van der Waals surface area contributed by atoms with E-state index in [0.29, 0.717) is 5.56 Å². The number of nitrogens with one attached hydrogen (secondary N) is 1. The smallest absolute Gasteiger partial charge is 0.345 e. The van der Waals surface area contributed by atoms with Crippen molar-refractivity contribution >= 4 is 5.91 Å². The minimum atomic E-state index is -4.52. The van der Waals surface area contributed by atoms with E-state index < -0.39 is 24.0 Å². The summed E-state index contributed by atoms with van der Waals surface area (Å²) in [4.78, 5) is 11.3. The lowest BCUT2D eigenvalue weighted by Gasteiger charge is -2.30. The van der Waals surface area contributed by atoms with Gasteiger partial charge in [-0.3, -0.25) is 4.79 Å². The topological polar surface area (TPSA) is 55.1 Å². The van der Waals surface area contributed by atoms with Gasteiger partial charge in [0.15, 0.2) is 0 Å². The second kappa shape index (κ2) is 5.39. The van der Waals surface area contributed by atoms with Crippen LogP contribution in [0.25, 0.3) is 0 Å². The summed E-state index contributed by atoms with van der Waals surface area (Å²) < 4.78 is 36.3. The average molecular weight is 260 g/mol. The highest BCUT2D eigenvalue weighted by atomic mass is 19.4. The number of rotatable bonds is 4. The van der Waals surface area contributed by atoms with Gasteiger partial charge in [-0.25, -0.2) is 0 Å². The molecule has 0 aliphatic heterocycles. The van der Waals surface area contributed by atoms with Crippen LogP contribution in [-0.4, -0.2) is 18.6 Å². The molecule has 0 saturated carbocycles. The summed E-state index contributed by atoms with van der Waals surface area (Å²) in [6.45, 7) is 1.61.